The number of methoxy groups -OCH3 is 1. The molecule has 1 atom stereocenters. The minimum atomic E-state index is -0.602. The largest absolute Gasteiger partial charge is 0.467 e. The van der Waals surface area contributed by atoms with Gasteiger partial charge in [-0.05, 0) is 53.1 Å². The predicted molar refractivity (Wildman–Crippen MR) is 81.9 cm³/mol. The maximum atomic E-state index is 12.1. The molecule has 0 aliphatic carbocycles. The first-order chi connectivity index (χ1) is 8.93. The summed E-state index contributed by atoms with van der Waals surface area (Å²) < 4.78 is 5.69. The molecule has 104 valence electrons. The summed E-state index contributed by atoms with van der Waals surface area (Å²) in [4.78, 5) is 23.7. The zero-order valence-electron chi connectivity index (χ0n) is 11.3. The highest BCUT2D eigenvalue weighted by Crippen LogP contribution is 2.10. The third kappa shape index (κ3) is 5.18. The Morgan fingerprint density at radius 1 is 1.37 bits per heavy atom. The van der Waals surface area contributed by atoms with Crippen molar-refractivity contribution in [2.24, 2.45) is 5.92 Å². The van der Waals surface area contributed by atoms with Crippen LogP contribution in [-0.4, -0.2) is 25.0 Å². The van der Waals surface area contributed by atoms with Crippen LogP contribution < -0.4 is 5.32 Å². The topological polar surface area (TPSA) is 55.4 Å². The number of amides is 1. The lowest BCUT2D eigenvalue weighted by Crippen LogP contribution is -2.42. The van der Waals surface area contributed by atoms with Crippen LogP contribution in [0, 0.1) is 9.49 Å². The number of halogens is 1. The number of esters is 1. The van der Waals surface area contributed by atoms with Crippen molar-refractivity contribution >= 4 is 34.5 Å². The van der Waals surface area contributed by atoms with Gasteiger partial charge in [-0.1, -0.05) is 19.9 Å². The Morgan fingerprint density at radius 3 is 2.58 bits per heavy atom. The van der Waals surface area contributed by atoms with Crippen molar-refractivity contribution in [1.82, 2.24) is 5.32 Å². The fourth-order valence-corrected chi connectivity index (χ4v) is 2.24. The van der Waals surface area contributed by atoms with Crippen molar-refractivity contribution in [2.75, 3.05) is 7.11 Å². The van der Waals surface area contributed by atoms with E-state index in [-0.39, 0.29) is 5.91 Å². The van der Waals surface area contributed by atoms with Crippen LogP contribution in [0.3, 0.4) is 0 Å². The smallest absolute Gasteiger partial charge is 0.328 e. The van der Waals surface area contributed by atoms with Crippen LogP contribution in [0.5, 0.6) is 0 Å². The van der Waals surface area contributed by atoms with Gasteiger partial charge in [0.15, 0.2) is 0 Å². The molecule has 1 rings (SSSR count). The van der Waals surface area contributed by atoms with Gasteiger partial charge in [0.25, 0.3) is 5.91 Å². The normalized spacial score (nSPS) is 12.1. The monoisotopic (exact) mass is 375 g/mol. The molecule has 0 bridgehead atoms. The lowest BCUT2D eigenvalue weighted by atomic mass is 10.0. The van der Waals surface area contributed by atoms with Crippen molar-refractivity contribution in [3.05, 3.63) is 33.4 Å². The van der Waals surface area contributed by atoms with Crippen LogP contribution in [0.1, 0.15) is 30.6 Å². The average molecular weight is 375 g/mol. The SMILES string of the molecule is COC(=O)C(CC(C)C)NC(=O)c1cccc(I)c1. The molecule has 0 aromatic heterocycles. The minimum absolute atomic E-state index is 0.255. The molecule has 1 N–H and O–H groups in total. The van der Waals surface area contributed by atoms with Gasteiger partial charge >= 0.3 is 5.97 Å². The predicted octanol–water partition coefficient (Wildman–Crippen LogP) is 2.61. The number of carbonyl (C=O) groups excluding carboxylic acids is 2. The number of nitrogens with one attached hydrogen (secondary N) is 1. The van der Waals surface area contributed by atoms with Crippen LogP contribution in [0.2, 0.25) is 0 Å². The van der Waals surface area contributed by atoms with Gasteiger partial charge in [-0.25, -0.2) is 4.79 Å². The summed E-state index contributed by atoms with van der Waals surface area (Å²) in [5.41, 5.74) is 0.546. The first-order valence-corrected chi connectivity index (χ1v) is 7.16. The Hall–Kier alpha value is -1.11. The molecule has 0 heterocycles. The molecule has 0 fully saturated rings. The lowest BCUT2D eigenvalue weighted by molar-refractivity contribution is -0.143. The van der Waals surface area contributed by atoms with Crippen LogP contribution in [0.25, 0.3) is 0 Å². The summed E-state index contributed by atoms with van der Waals surface area (Å²) in [6, 6.07) is 6.62. The maximum Gasteiger partial charge on any atom is 0.328 e. The third-order valence-corrected chi connectivity index (χ3v) is 3.26. The van der Waals surface area contributed by atoms with E-state index in [1.54, 1.807) is 12.1 Å². The molecule has 19 heavy (non-hydrogen) atoms. The van der Waals surface area contributed by atoms with Gasteiger partial charge in [0.2, 0.25) is 0 Å². The molecule has 5 heteroatoms. The zero-order chi connectivity index (χ0) is 14.4. The molecule has 1 aromatic carbocycles. The van der Waals surface area contributed by atoms with Crippen molar-refractivity contribution in [2.45, 2.75) is 26.3 Å². The Balaban J connectivity index is 2.78. The summed E-state index contributed by atoms with van der Waals surface area (Å²) in [7, 11) is 1.33. The molecule has 0 spiro atoms. The van der Waals surface area contributed by atoms with Gasteiger partial charge in [0.05, 0.1) is 7.11 Å². The fraction of sp³-hybridized carbons (Fsp3) is 0.429. The van der Waals surface area contributed by atoms with E-state index in [0.29, 0.717) is 17.9 Å². The molecular weight excluding hydrogens is 357 g/mol. The number of carbonyl (C=O) groups is 2. The summed E-state index contributed by atoms with van der Waals surface area (Å²) >= 11 is 2.14. The standard InChI is InChI=1S/C14H18INO3/c1-9(2)7-12(14(18)19-3)16-13(17)10-5-4-6-11(15)8-10/h4-6,8-9,12H,7H2,1-3H3,(H,16,17). The quantitative estimate of drug-likeness (QED) is 0.636. The van der Waals surface area contributed by atoms with E-state index in [0.717, 1.165) is 3.57 Å². The second-order valence-corrected chi connectivity index (χ2v) is 5.93. The highest BCUT2D eigenvalue weighted by atomic mass is 127. The van der Waals surface area contributed by atoms with Gasteiger partial charge in [-0.3, -0.25) is 4.79 Å². The van der Waals surface area contributed by atoms with E-state index in [1.807, 2.05) is 26.0 Å². The van der Waals surface area contributed by atoms with E-state index < -0.39 is 12.0 Å². The van der Waals surface area contributed by atoms with Gasteiger partial charge in [0, 0.05) is 9.13 Å². The number of hydrogen-bond donors (Lipinski definition) is 1. The molecule has 4 nitrogen and oxygen atoms in total. The molecule has 1 unspecified atom stereocenters. The molecule has 1 aromatic rings. The van der Waals surface area contributed by atoms with Crippen molar-refractivity contribution in [1.29, 1.82) is 0 Å². The van der Waals surface area contributed by atoms with E-state index in [9.17, 15) is 9.59 Å². The highest BCUT2D eigenvalue weighted by Gasteiger charge is 2.23. The zero-order valence-corrected chi connectivity index (χ0v) is 13.4. The second-order valence-electron chi connectivity index (χ2n) is 4.69. The summed E-state index contributed by atoms with van der Waals surface area (Å²) in [5.74, 6) is -0.373. The van der Waals surface area contributed by atoms with Crippen molar-refractivity contribution in [3.8, 4) is 0 Å². The van der Waals surface area contributed by atoms with E-state index >= 15 is 0 Å². The van der Waals surface area contributed by atoms with Crippen molar-refractivity contribution < 1.29 is 14.3 Å². The van der Waals surface area contributed by atoms with Crippen LogP contribution in [0.15, 0.2) is 24.3 Å². The van der Waals surface area contributed by atoms with E-state index in [2.05, 4.69) is 27.9 Å². The minimum Gasteiger partial charge on any atom is -0.467 e. The van der Waals surface area contributed by atoms with Gasteiger partial charge in [-0.15, -0.1) is 0 Å². The summed E-state index contributed by atoms with van der Waals surface area (Å²) in [5, 5.41) is 2.73. The van der Waals surface area contributed by atoms with E-state index in [1.165, 1.54) is 7.11 Å². The fourth-order valence-electron chi connectivity index (χ4n) is 1.70. The average Bonchev–Trinajstić information content (AvgIpc) is 2.36. The van der Waals surface area contributed by atoms with Crippen LogP contribution >= 0.6 is 22.6 Å². The Kier molecular flexibility index (Phi) is 6.27. The molecule has 0 saturated carbocycles. The molecule has 0 radical (unpaired) electrons. The molecule has 0 aliphatic rings. The third-order valence-electron chi connectivity index (χ3n) is 2.58. The van der Waals surface area contributed by atoms with Crippen LogP contribution in [-0.2, 0) is 9.53 Å². The maximum absolute atomic E-state index is 12.1. The summed E-state index contributed by atoms with van der Waals surface area (Å²) in [6.45, 7) is 3.99. The Labute approximate surface area is 127 Å². The summed E-state index contributed by atoms with van der Waals surface area (Å²) in [6.07, 6.45) is 0.558. The molecular formula is C14H18INO3. The van der Waals surface area contributed by atoms with Gasteiger partial charge in [-0.2, -0.15) is 0 Å². The molecule has 1 amide bonds. The molecule has 0 saturated heterocycles. The van der Waals surface area contributed by atoms with Crippen LogP contribution in [0.4, 0.5) is 0 Å². The highest BCUT2D eigenvalue weighted by molar-refractivity contribution is 14.1. The number of hydrogen-bond acceptors (Lipinski definition) is 3. The van der Waals surface area contributed by atoms with Gasteiger partial charge < -0.3 is 10.1 Å². The number of ether oxygens (including phenoxy) is 1. The second kappa shape index (κ2) is 7.47. The van der Waals surface area contributed by atoms with Gasteiger partial charge in [0.1, 0.15) is 6.04 Å². The van der Waals surface area contributed by atoms with Crippen molar-refractivity contribution in [3.63, 3.8) is 0 Å². The Morgan fingerprint density at radius 2 is 2.05 bits per heavy atom. The lowest BCUT2D eigenvalue weighted by Gasteiger charge is -2.18. The Bertz CT molecular complexity index is 460. The molecule has 0 aliphatic heterocycles. The number of benzene rings is 1. The first kappa shape index (κ1) is 15.9. The number of rotatable bonds is 5. The van der Waals surface area contributed by atoms with E-state index in [4.69, 9.17) is 4.74 Å². The first-order valence-electron chi connectivity index (χ1n) is 6.08.